The summed E-state index contributed by atoms with van der Waals surface area (Å²) in [6, 6.07) is 4.76. The first-order chi connectivity index (χ1) is 9.54. The Balaban J connectivity index is 2.48. The first-order valence-electron chi connectivity index (χ1n) is 5.51. The third-order valence-electron chi connectivity index (χ3n) is 2.58. The maximum atomic E-state index is 11.1. The van der Waals surface area contributed by atoms with Crippen LogP contribution in [0.25, 0.3) is 0 Å². The number of halogens is 2. The Morgan fingerprint density at radius 1 is 1.40 bits per heavy atom. The molecule has 104 valence electrons. The monoisotopic (exact) mass is 313 g/mol. The van der Waals surface area contributed by atoms with Crippen LogP contribution in [0.4, 0.5) is 5.69 Å². The van der Waals surface area contributed by atoms with Crippen LogP contribution in [0.1, 0.15) is 11.1 Å². The Morgan fingerprint density at radius 2 is 2.15 bits per heavy atom. The van der Waals surface area contributed by atoms with Crippen LogP contribution in [0, 0.1) is 17.0 Å². The first-order valence-corrected chi connectivity index (χ1v) is 6.43. The molecule has 0 spiro atoms. The maximum absolute atomic E-state index is 11.1. The van der Waals surface area contributed by atoms with Crippen LogP contribution >= 0.6 is 23.2 Å². The van der Waals surface area contributed by atoms with Gasteiger partial charge in [-0.05, 0) is 13.0 Å². The summed E-state index contributed by atoms with van der Waals surface area (Å²) in [6.45, 7) is 1.63. The van der Waals surface area contributed by atoms with Crippen molar-refractivity contribution >= 4 is 28.9 Å². The van der Waals surface area contributed by atoms with Crippen molar-refractivity contribution in [1.29, 1.82) is 0 Å². The van der Waals surface area contributed by atoms with Crippen molar-refractivity contribution in [2.24, 2.45) is 0 Å². The van der Waals surface area contributed by atoms with Gasteiger partial charge in [0.25, 0.3) is 0 Å². The van der Waals surface area contributed by atoms with E-state index in [1.807, 2.05) is 0 Å². The zero-order valence-corrected chi connectivity index (χ0v) is 11.9. The molecule has 0 saturated heterocycles. The number of hydrogen-bond acceptors (Lipinski definition) is 5. The average molecular weight is 314 g/mol. The predicted molar refractivity (Wildman–Crippen MR) is 74.5 cm³/mol. The van der Waals surface area contributed by atoms with Crippen LogP contribution in [0.5, 0.6) is 11.6 Å². The zero-order valence-electron chi connectivity index (χ0n) is 10.3. The van der Waals surface area contributed by atoms with E-state index in [-0.39, 0.29) is 28.3 Å². The summed E-state index contributed by atoms with van der Waals surface area (Å²) < 4.78 is 5.49. The zero-order chi connectivity index (χ0) is 14.7. The van der Waals surface area contributed by atoms with E-state index in [0.717, 1.165) is 0 Å². The van der Waals surface area contributed by atoms with Gasteiger partial charge >= 0.3 is 5.69 Å². The quantitative estimate of drug-likeness (QED) is 0.370. The minimum absolute atomic E-state index is 0.0363. The summed E-state index contributed by atoms with van der Waals surface area (Å²) in [6.07, 6.45) is 1.20. The molecule has 0 unspecified atom stereocenters. The van der Waals surface area contributed by atoms with E-state index < -0.39 is 4.92 Å². The molecule has 0 atom stereocenters. The Bertz CT molecular complexity index is 664. The SMILES string of the molecule is Cc1cccc(Oc2ncnc(Cl)c2CCl)c1[N+](=O)[O-]. The molecule has 0 bridgehead atoms. The predicted octanol–water partition coefficient (Wildman–Crippen LogP) is 3.88. The Morgan fingerprint density at radius 3 is 2.80 bits per heavy atom. The molecule has 8 heteroatoms. The largest absolute Gasteiger partial charge is 0.431 e. The van der Waals surface area contributed by atoms with Gasteiger partial charge in [-0.2, -0.15) is 0 Å². The molecule has 1 heterocycles. The van der Waals surface area contributed by atoms with Gasteiger partial charge in [-0.1, -0.05) is 23.7 Å². The van der Waals surface area contributed by atoms with Gasteiger partial charge in [0.15, 0.2) is 0 Å². The summed E-state index contributed by atoms with van der Waals surface area (Å²) in [7, 11) is 0. The second-order valence-corrected chi connectivity index (χ2v) is 4.49. The molecule has 0 aliphatic heterocycles. The van der Waals surface area contributed by atoms with Gasteiger partial charge < -0.3 is 4.74 Å². The number of aromatic nitrogens is 2. The van der Waals surface area contributed by atoms with Gasteiger partial charge in [-0.3, -0.25) is 10.1 Å². The standard InChI is InChI=1S/C12H9Cl2N3O3/c1-7-3-2-4-9(10(7)17(18)19)20-12-8(5-13)11(14)15-6-16-12/h2-4,6H,5H2,1H3. The lowest BCUT2D eigenvalue weighted by molar-refractivity contribution is -0.386. The number of nitrogens with zero attached hydrogens (tertiary/aromatic N) is 3. The number of aryl methyl sites for hydroxylation is 1. The highest BCUT2D eigenvalue weighted by atomic mass is 35.5. The molecule has 0 saturated carbocycles. The molecule has 0 amide bonds. The minimum Gasteiger partial charge on any atom is -0.431 e. The van der Waals surface area contributed by atoms with E-state index in [1.165, 1.54) is 12.4 Å². The molecule has 20 heavy (non-hydrogen) atoms. The lowest BCUT2D eigenvalue weighted by Crippen LogP contribution is -2.00. The van der Waals surface area contributed by atoms with Crippen molar-refractivity contribution in [2.45, 2.75) is 12.8 Å². The number of nitro groups is 1. The van der Waals surface area contributed by atoms with Crippen molar-refractivity contribution in [2.75, 3.05) is 0 Å². The highest BCUT2D eigenvalue weighted by molar-refractivity contribution is 6.31. The van der Waals surface area contributed by atoms with Crippen molar-refractivity contribution in [3.05, 3.63) is 50.9 Å². The van der Waals surface area contributed by atoms with E-state index in [0.29, 0.717) is 11.1 Å². The molecule has 0 aliphatic carbocycles. The second kappa shape index (κ2) is 6.02. The molecule has 1 aromatic heterocycles. The van der Waals surface area contributed by atoms with Crippen LogP contribution in [0.15, 0.2) is 24.5 Å². The average Bonchev–Trinajstić information content (AvgIpc) is 2.38. The van der Waals surface area contributed by atoms with Crippen LogP contribution in [0.2, 0.25) is 5.15 Å². The third-order valence-corrected chi connectivity index (χ3v) is 3.17. The highest BCUT2D eigenvalue weighted by Crippen LogP contribution is 2.35. The topological polar surface area (TPSA) is 78.2 Å². The fourth-order valence-electron chi connectivity index (χ4n) is 1.63. The molecule has 2 aromatic rings. The Kier molecular flexibility index (Phi) is 4.36. The normalized spacial score (nSPS) is 10.3. The van der Waals surface area contributed by atoms with E-state index in [9.17, 15) is 10.1 Å². The van der Waals surface area contributed by atoms with Gasteiger partial charge in [0.05, 0.1) is 16.4 Å². The second-order valence-electron chi connectivity index (χ2n) is 3.86. The van der Waals surface area contributed by atoms with Crippen molar-refractivity contribution in [1.82, 2.24) is 9.97 Å². The molecule has 0 fully saturated rings. The first kappa shape index (κ1) is 14.5. The summed E-state index contributed by atoms with van der Waals surface area (Å²) in [5, 5.41) is 11.2. The van der Waals surface area contributed by atoms with E-state index in [1.54, 1.807) is 19.1 Å². The lowest BCUT2D eigenvalue weighted by Gasteiger charge is -2.09. The summed E-state index contributed by atoms with van der Waals surface area (Å²) in [5.74, 6) is 0.221. The molecular formula is C12H9Cl2N3O3. The smallest absolute Gasteiger partial charge is 0.314 e. The third kappa shape index (κ3) is 2.81. The van der Waals surface area contributed by atoms with Gasteiger partial charge in [0.1, 0.15) is 11.5 Å². The molecule has 2 rings (SSSR count). The number of benzene rings is 1. The lowest BCUT2D eigenvalue weighted by atomic mass is 10.2. The molecule has 6 nitrogen and oxygen atoms in total. The van der Waals surface area contributed by atoms with E-state index >= 15 is 0 Å². The number of ether oxygens (including phenoxy) is 1. The highest BCUT2D eigenvalue weighted by Gasteiger charge is 2.21. The molecule has 0 radical (unpaired) electrons. The fourth-order valence-corrected chi connectivity index (χ4v) is 2.13. The van der Waals surface area contributed by atoms with Gasteiger partial charge in [0, 0.05) is 5.56 Å². The van der Waals surface area contributed by atoms with Gasteiger partial charge in [0.2, 0.25) is 11.6 Å². The fraction of sp³-hybridized carbons (Fsp3) is 0.167. The molecule has 0 aliphatic rings. The van der Waals surface area contributed by atoms with Crippen LogP contribution in [0.3, 0.4) is 0 Å². The van der Waals surface area contributed by atoms with E-state index in [4.69, 9.17) is 27.9 Å². The van der Waals surface area contributed by atoms with Crippen molar-refractivity contribution < 1.29 is 9.66 Å². The number of hydrogen-bond donors (Lipinski definition) is 0. The minimum atomic E-state index is -0.506. The Labute approximate surface area is 124 Å². The maximum Gasteiger partial charge on any atom is 0.314 e. The van der Waals surface area contributed by atoms with Crippen molar-refractivity contribution in [3.8, 4) is 11.6 Å². The number of alkyl halides is 1. The molecular weight excluding hydrogens is 305 g/mol. The van der Waals surface area contributed by atoms with Gasteiger partial charge in [-0.25, -0.2) is 9.97 Å². The van der Waals surface area contributed by atoms with E-state index in [2.05, 4.69) is 9.97 Å². The number of para-hydroxylation sites is 1. The Hall–Kier alpha value is -1.92. The molecule has 1 aromatic carbocycles. The van der Waals surface area contributed by atoms with Crippen molar-refractivity contribution in [3.63, 3.8) is 0 Å². The summed E-state index contributed by atoms with van der Waals surface area (Å²) >= 11 is 11.6. The molecule has 0 N–H and O–H groups in total. The van der Waals surface area contributed by atoms with Gasteiger partial charge in [-0.15, -0.1) is 11.6 Å². The van der Waals surface area contributed by atoms with Crippen LogP contribution in [-0.4, -0.2) is 14.9 Å². The van der Waals surface area contributed by atoms with Crippen LogP contribution in [-0.2, 0) is 5.88 Å². The summed E-state index contributed by atoms with van der Waals surface area (Å²) in [4.78, 5) is 18.3. The summed E-state index contributed by atoms with van der Waals surface area (Å²) in [5.41, 5.74) is 0.745. The van der Waals surface area contributed by atoms with Crippen LogP contribution < -0.4 is 4.74 Å². The number of rotatable bonds is 4. The number of nitro benzene ring substituents is 1.